The first kappa shape index (κ1) is 27.4. The molecule has 0 unspecified atom stereocenters. The van der Waals surface area contributed by atoms with E-state index < -0.39 is 29.4 Å². The van der Waals surface area contributed by atoms with Crippen LogP contribution in [0.2, 0.25) is 0 Å². The standard InChI is InChI=1S/C30H24N2O8/c1-2-32-16-4-7-25(23(17-32)31-28(36)19-12-14-21(33)15-13-19)40-30(39)20-10-8-18(9-11-20)27(35)26-22(29(37)38)5-3-6-24(26)34/h3-17,33-34H,2H2,1H3,(H,31,36)(H,37,38). The average Bonchev–Trinajstić information content (AvgIpc) is 3.14. The second kappa shape index (κ2) is 11.8. The van der Waals surface area contributed by atoms with E-state index in [1.54, 1.807) is 23.4 Å². The van der Waals surface area contributed by atoms with E-state index in [0.29, 0.717) is 6.54 Å². The van der Waals surface area contributed by atoms with Gasteiger partial charge in [-0.25, -0.2) is 9.59 Å². The van der Waals surface area contributed by atoms with Gasteiger partial charge in [-0.2, -0.15) is 0 Å². The molecule has 0 spiro atoms. The number of carbonyl (C=O) groups is 4. The molecule has 1 amide bonds. The van der Waals surface area contributed by atoms with Gasteiger partial charge in [0.15, 0.2) is 11.5 Å². The first-order valence-electron chi connectivity index (χ1n) is 12.1. The van der Waals surface area contributed by atoms with Gasteiger partial charge in [0.1, 0.15) is 17.2 Å². The Morgan fingerprint density at radius 2 is 1.52 bits per heavy atom. The molecule has 0 aliphatic carbocycles. The van der Waals surface area contributed by atoms with Crippen LogP contribution in [0.15, 0.2) is 103 Å². The lowest BCUT2D eigenvalue weighted by atomic mass is 9.96. The summed E-state index contributed by atoms with van der Waals surface area (Å²) in [5.74, 6) is -3.76. The van der Waals surface area contributed by atoms with Crippen molar-refractivity contribution in [2.75, 3.05) is 6.54 Å². The molecule has 0 aromatic heterocycles. The summed E-state index contributed by atoms with van der Waals surface area (Å²) in [7, 11) is 0. The number of nitrogens with one attached hydrogen (secondary N) is 1. The van der Waals surface area contributed by atoms with Gasteiger partial charge in [-0.15, -0.1) is 0 Å². The maximum absolute atomic E-state index is 13.0. The first-order valence-corrected chi connectivity index (χ1v) is 12.1. The average molecular weight is 541 g/mol. The zero-order valence-corrected chi connectivity index (χ0v) is 21.2. The number of carboxylic acid groups (broad SMARTS) is 1. The van der Waals surface area contributed by atoms with E-state index in [2.05, 4.69) is 5.32 Å². The van der Waals surface area contributed by atoms with Crippen LogP contribution in [-0.4, -0.2) is 50.4 Å². The van der Waals surface area contributed by atoms with E-state index in [1.807, 2.05) is 6.92 Å². The van der Waals surface area contributed by atoms with Crippen molar-refractivity contribution < 1.29 is 39.2 Å². The third kappa shape index (κ3) is 6.08. The number of aromatic hydroxyl groups is 2. The maximum Gasteiger partial charge on any atom is 0.343 e. The molecule has 0 saturated carbocycles. The van der Waals surface area contributed by atoms with Gasteiger partial charge < -0.3 is 30.3 Å². The maximum atomic E-state index is 13.0. The smallest absolute Gasteiger partial charge is 0.343 e. The molecule has 4 rings (SSSR count). The quantitative estimate of drug-likeness (QED) is 0.243. The number of benzene rings is 3. The number of esters is 1. The fraction of sp³-hybridized carbons (Fsp3) is 0.0667. The summed E-state index contributed by atoms with van der Waals surface area (Å²) in [4.78, 5) is 52.0. The van der Waals surface area contributed by atoms with Crippen molar-refractivity contribution in [3.8, 4) is 11.5 Å². The number of phenols is 2. The third-order valence-corrected chi connectivity index (χ3v) is 5.91. The van der Waals surface area contributed by atoms with Crippen LogP contribution in [0, 0.1) is 0 Å². The van der Waals surface area contributed by atoms with Crippen LogP contribution < -0.4 is 5.32 Å². The topological polar surface area (TPSA) is 153 Å². The third-order valence-electron chi connectivity index (χ3n) is 5.91. The number of aromatic carboxylic acids is 1. The summed E-state index contributed by atoms with van der Waals surface area (Å²) in [6, 6.07) is 14.7. The minimum absolute atomic E-state index is 0.0109. The Bertz CT molecular complexity index is 1570. The van der Waals surface area contributed by atoms with Crippen LogP contribution in [0.1, 0.15) is 53.9 Å². The highest BCUT2D eigenvalue weighted by Crippen LogP contribution is 2.25. The molecule has 3 aromatic rings. The second-order valence-electron chi connectivity index (χ2n) is 8.55. The molecule has 1 aliphatic rings. The number of hydrogen-bond donors (Lipinski definition) is 4. The minimum atomic E-state index is -1.37. The Kier molecular flexibility index (Phi) is 8.10. The number of carbonyl (C=O) groups excluding carboxylic acids is 3. The van der Waals surface area contributed by atoms with E-state index in [1.165, 1.54) is 72.8 Å². The van der Waals surface area contributed by atoms with Crippen molar-refractivity contribution in [3.63, 3.8) is 0 Å². The number of amides is 1. The van der Waals surface area contributed by atoms with E-state index >= 15 is 0 Å². The van der Waals surface area contributed by atoms with E-state index in [0.717, 1.165) is 0 Å². The van der Waals surface area contributed by atoms with Crippen LogP contribution in [0.25, 0.3) is 0 Å². The van der Waals surface area contributed by atoms with Crippen LogP contribution in [0.3, 0.4) is 0 Å². The largest absolute Gasteiger partial charge is 0.508 e. The van der Waals surface area contributed by atoms with Gasteiger partial charge in [-0.3, -0.25) is 9.59 Å². The zero-order chi connectivity index (χ0) is 28.8. The summed E-state index contributed by atoms with van der Waals surface area (Å²) in [5.41, 5.74) is -0.0846. The Morgan fingerprint density at radius 1 is 0.875 bits per heavy atom. The normalized spacial score (nSPS) is 12.6. The van der Waals surface area contributed by atoms with Crippen molar-refractivity contribution >= 4 is 23.6 Å². The molecule has 40 heavy (non-hydrogen) atoms. The highest BCUT2D eigenvalue weighted by Gasteiger charge is 2.23. The van der Waals surface area contributed by atoms with Gasteiger partial charge in [0, 0.05) is 30.1 Å². The lowest BCUT2D eigenvalue weighted by Gasteiger charge is -2.17. The zero-order valence-electron chi connectivity index (χ0n) is 21.2. The molecule has 0 bridgehead atoms. The molecule has 4 N–H and O–H groups in total. The fourth-order valence-electron chi connectivity index (χ4n) is 3.81. The van der Waals surface area contributed by atoms with Crippen molar-refractivity contribution in [2.45, 2.75) is 6.92 Å². The Labute approximate surface area is 228 Å². The summed E-state index contributed by atoms with van der Waals surface area (Å²) in [5, 5.41) is 31.7. The van der Waals surface area contributed by atoms with Crippen molar-refractivity contribution in [2.24, 2.45) is 0 Å². The van der Waals surface area contributed by atoms with Gasteiger partial charge in [0.05, 0.1) is 16.7 Å². The Morgan fingerprint density at radius 3 is 2.17 bits per heavy atom. The van der Waals surface area contributed by atoms with Gasteiger partial charge in [0.2, 0.25) is 0 Å². The van der Waals surface area contributed by atoms with E-state index in [4.69, 9.17) is 4.74 Å². The number of nitrogens with zero attached hydrogens (tertiary/aromatic N) is 1. The summed E-state index contributed by atoms with van der Waals surface area (Å²) in [6.07, 6.45) is 6.50. The number of phenolic OH excluding ortho intramolecular Hbond substituents is 2. The van der Waals surface area contributed by atoms with Crippen LogP contribution in [-0.2, 0) is 4.74 Å². The van der Waals surface area contributed by atoms with Gasteiger partial charge >= 0.3 is 11.9 Å². The highest BCUT2D eigenvalue weighted by molar-refractivity contribution is 6.16. The molecule has 0 atom stereocenters. The molecule has 1 aliphatic heterocycles. The summed E-state index contributed by atoms with van der Waals surface area (Å²) in [6.45, 7) is 2.47. The minimum Gasteiger partial charge on any atom is -0.508 e. The fourth-order valence-corrected chi connectivity index (χ4v) is 3.81. The number of ketones is 1. The lowest BCUT2D eigenvalue weighted by Crippen LogP contribution is -2.26. The molecule has 0 fully saturated rings. The molecular weight excluding hydrogens is 516 g/mol. The Hall–Kier alpha value is -5.64. The molecule has 3 aromatic carbocycles. The first-order chi connectivity index (χ1) is 19.2. The second-order valence-corrected chi connectivity index (χ2v) is 8.55. The SMILES string of the molecule is CCN1C=CC=C(OC(=O)c2ccc(C(=O)c3c(O)cccc3C(=O)O)cc2)C(NC(=O)c2ccc(O)cc2)=C1. The molecule has 1 heterocycles. The molecule has 202 valence electrons. The molecule has 10 heteroatoms. The number of ether oxygens (including phenoxy) is 1. The number of carboxylic acids is 1. The van der Waals surface area contributed by atoms with Crippen molar-refractivity contribution in [3.05, 3.63) is 131 Å². The van der Waals surface area contributed by atoms with Crippen LogP contribution in [0.4, 0.5) is 0 Å². The molecule has 0 saturated heterocycles. The molecule has 10 nitrogen and oxygen atoms in total. The van der Waals surface area contributed by atoms with Crippen LogP contribution in [0.5, 0.6) is 11.5 Å². The monoisotopic (exact) mass is 540 g/mol. The molecular formula is C30H24N2O8. The van der Waals surface area contributed by atoms with E-state index in [9.17, 15) is 34.5 Å². The number of hydrogen-bond acceptors (Lipinski definition) is 8. The number of allylic oxidation sites excluding steroid dienone is 2. The number of rotatable bonds is 8. The predicted octanol–water partition coefficient (Wildman–Crippen LogP) is 4.19. The van der Waals surface area contributed by atoms with Gasteiger partial charge in [-0.1, -0.05) is 18.2 Å². The van der Waals surface area contributed by atoms with Gasteiger partial charge in [0.25, 0.3) is 5.91 Å². The highest BCUT2D eigenvalue weighted by atomic mass is 16.5. The summed E-state index contributed by atoms with van der Waals surface area (Å²) >= 11 is 0. The van der Waals surface area contributed by atoms with Gasteiger partial charge in [-0.05, 0) is 67.6 Å². The van der Waals surface area contributed by atoms with Crippen molar-refractivity contribution in [1.29, 1.82) is 0 Å². The predicted molar refractivity (Wildman–Crippen MR) is 144 cm³/mol. The van der Waals surface area contributed by atoms with E-state index in [-0.39, 0.29) is 45.0 Å². The van der Waals surface area contributed by atoms with Crippen LogP contribution >= 0.6 is 0 Å². The lowest BCUT2D eigenvalue weighted by molar-refractivity contribution is 0.0625. The Balaban J connectivity index is 1.54. The summed E-state index contributed by atoms with van der Waals surface area (Å²) < 4.78 is 5.59. The van der Waals surface area contributed by atoms with Crippen molar-refractivity contribution in [1.82, 2.24) is 10.2 Å². The molecule has 0 radical (unpaired) electrons.